The number of benzene rings is 4. The molecule has 4 aromatic carbocycles. The van der Waals surface area contributed by atoms with Gasteiger partial charge in [-0.15, -0.1) is 0 Å². The number of aliphatic hydroxyl groups excluding tert-OH is 2. The van der Waals surface area contributed by atoms with Crippen molar-refractivity contribution in [2.75, 3.05) is 71.4 Å². The number of ether oxygens (including phenoxy) is 1. The third-order valence-electron chi connectivity index (χ3n) is 11.9. The van der Waals surface area contributed by atoms with E-state index >= 15 is 0 Å². The first-order valence-corrected chi connectivity index (χ1v) is 25.6. The molecule has 26 nitrogen and oxygen atoms in total. The van der Waals surface area contributed by atoms with Crippen LogP contribution >= 0.6 is 46.4 Å². The molecule has 8 N–H and O–H groups in total. The van der Waals surface area contributed by atoms with Gasteiger partial charge in [-0.1, -0.05) is 70.7 Å². The van der Waals surface area contributed by atoms with E-state index in [2.05, 4.69) is 26.6 Å². The van der Waals surface area contributed by atoms with Gasteiger partial charge in [-0.05, 0) is 55.5 Å². The van der Waals surface area contributed by atoms with Crippen LogP contribution in [0.2, 0.25) is 20.1 Å². The van der Waals surface area contributed by atoms with E-state index in [1.807, 2.05) is 0 Å². The molecule has 0 fully saturated rings. The standard InChI is InChI=1S/C27H27Cl2N5O8.C25H24Cl2N4O9/c1-14(37)7-17(12-35)31-23(39)11-34-22-6-4-3-5-21(22)33(24(40)13-36)10-20(27(34)42)32-26(41)16-8-18(28)25(19(29)9-16)30-15(2)38;1-40-23-15(26)6-13(7-16(23)27)24(38)29-17-9-30(21(35)12-33)18-4-2-3-5-19(18)31(25(17)39)10-20(34)28-14(11-32)8-22(36)37/h3-6,8-9,12,17,20,36H,7,10-11,13H2,1-2H3,(H,30,38)(H,31,39)(H,32,41);2-7,11,14,17,33H,8-10,12H2,1H3,(H,28,34)(H,29,38)(H,36,37)/t17-,20-;14-,17-/m00/s1. The third-order valence-corrected chi connectivity index (χ3v) is 13.0. The van der Waals surface area contributed by atoms with E-state index in [9.17, 15) is 72.5 Å². The van der Waals surface area contributed by atoms with Gasteiger partial charge >= 0.3 is 5.97 Å². The Balaban J connectivity index is 0.000000301. The summed E-state index contributed by atoms with van der Waals surface area (Å²) in [4.78, 5) is 166. The van der Waals surface area contributed by atoms with Gasteiger partial charge in [-0.2, -0.15) is 0 Å². The molecule has 0 radical (unpaired) electrons. The molecular weight excluding hydrogens is 1160 g/mol. The van der Waals surface area contributed by atoms with Crippen molar-refractivity contribution in [3.63, 3.8) is 0 Å². The van der Waals surface area contributed by atoms with Gasteiger partial charge < -0.3 is 66.0 Å². The molecule has 0 spiro atoms. The molecule has 0 bridgehead atoms. The van der Waals surface area contributed by atoms with Crippen molar-refractivity contribution in [2.24, 2.45) is 0 Å². The molecule has 4 atom stereocenters. The number of ketones is 1. The maximum absolute atomic E-state index is 13.8. The Morgan fingerprint density at radius 1 is 0.622 bits per heavy atom. The van der Waals surface area contributed by atoms with Crippen molar-refractivity contribution >= 4 is 152 Å². The lowest BCUT2D eigenvalue weighted by Crippen LogP contribution is -2.55. The minimum atomic E-state index is -1.43. The number of anilines is 5. The highest BCUT2D eigenvalue weighted by molar-refractivity contribution is 6.40. The number of para-hydroxylation sites is 4. The van der Waals surface area contributed by atoms with E-state index in [0.29, 0.717) is 6.29 Å². The lowest BCUT2D eigenvalue weighted by Gasteiger charge is -2.25. The normalized spacial score (nSPS) is 15.3. The topological polar surface area (TPSA) is 365 Å². The predicted octanol–water partition coefficient (Wildman–Crippen LogP) is 1.72. The number of halogens is 4. The highest BCUT2D eigenvalue weighted by atomic mass is 35.5. The first kappa shape index (κ1) is 64.3. The number of carboxylic acids is 1. The molecule has 0 aliphatic carbocycles. The number of carbonyl (C=O) groups is 13. The molecule has 0 saturated heterocycles. The third kappa shape index (κ3) is 16.3. The van der Waals surface area contributed by atoms with Crippen LogP contribution in [0.15, 0.2) is 72.8 Å². The number of amides is 9. The molecule has 82 heavy (non-hydrogen) atoms. The number of nitrogens with zero attached hydrogens (tertiary/aromatic N) is 4. The summed E-state index contributed by atoms with van der Waals surface area (Å²) in [5.74, 6) is -8.41. The molecule has 6 rings (SSSR count). The van der Waals surface area contributed by atoms with Crippen LogP contribution in [0.25, 0.3) is 0 Å². The van der Waals surface area contributed by atoms with Crippen LogP contribution in [0.4, 0.5) is 28.4 Å². The molecule has 2 aliphatic heterocycles. The quantitative estimate of drug-likeness (QED) is 0.0584. The van der Waals surface area contributed by atoms with Gasteiger partial charge in [0.25, 0.3) is 35.4 Å². The molecule has 2 heterocycles. The molecule has 0 aromatic heterocycles. The minimum absolute atomic E-state index is 0.0289. The smallest absolute Gasteiger partial charge is 0.305 e. The lowest BCUT2D eigenvalue weighted by molar-refractivity contribution is -0.139. The van der Waals surface area contributed by atoms with Gasteiger partial charge in [0.2, 0.25) is 17.7 Å². The molecule has 434 valence electrons. The SMILES string of the molecule is CC(=O)C[C@@H](C=O)NC(=O)CN1C(=O)[C@@H](NC(=O)c2cc(Cl)c(NC(C)=O)c(Cl)c2)CN(C(=O)CO)c2ccccc21.COc1c(Cl)cc(C(=O)N[C@H]2CN(C(=O)CO)c3ccccc3N(CC(=O)N[C@H](C=O)CC(=O)O)C2=O)cc1Cl. The van der Waals surface area contributed by atoms with E-state index in [0.717, 1.165) is 19.6 Å². The number of nitrogens with one attached hydrogen (secondary N) is 5. The number of carboxylic acid groups (broad SMARTS) is 1. The van der Waals surface area contributed by atoms with Gasteiger partial charge in [0.1, 0.15) is 56.7 Å². The summed E-state index contributed by atoms with van der Waals surface area (Å²) in [5, 5.41) is 40.2. The minimum Gasteiger partial charge on any atom is -0.494 e. The fourth-order valence-corrected chi connectivity index (χ4v) is 9.50. The Hall–Kier alpha value is -8.53. The van der Waals surface area contributed by atoms with Crippen molar-refractivity contribution in [2.45, 2.75) is 50.9 Å². The second kappa shape index (κ2) is 29.3. The van der Waals surface area contributed by atoms with Crippen molar-refractivity contribution in [1.82, 2.24) is 21.3 Å². The average Bonchev–Trinajstić information content (AvgIpc) is 3.67. The van der Waals surface area contributed by atoms with Gasteiger partial charge in [-0.25, -0.2) is 0 Å². The predicted molar refractivity (Wildman–Crippen MR) is 296 cm³/mol. The molecule has 30 heteroatoms. The Bertz CT molecular complexity index is 3170. The van der Waals surface area contributed by atoms with Crippen LogP contribution in [0.1, 0.15) is 47.4 Å². The number of methoxy groups -OCH3 is 1. The zero-order chi connectivity index (χ0) is 60.7. The maximum Gasteiger partial charge on any atom is 0.305 e. The summed E-state index contributed by atoms with van der Waals surface area (Å²) in [7, 11) is 1.34. The van der Waals surface area contributed by atoms with Crippen molar-refractivity contribution in [3.05, 3.63) is 104 Å². The average molecular weight is 1220 g/mol. The number of hydrogen-bond donors (Lipinski definition) is 8. The second-order valence-corrected chi connectivity index (χ2v) is 19.4. The second-order valence-electron chi connectivity index (χ2n) is 17.8. The number of aliphatic carboxylic acids is 1. The van der Waals surface area contributed by atoms with Crippen LogP contribution in [0, 0.1) is 0 Å². The van der Waals surface area contributed by atoms with Gasteiger partial charge in [-0.3, -0.25) is 62.5 Å². The van der Waals surface area contributed by atoms with Crippen molar-refractivity contribution in [1.29, 1.82) is 0 Å². The summed E-state index contributed by atoms with van der Waals surface area (Å²) < 4.78 is 5.07. The molecule has 4 aromatic rings. The summed E-state index contributed by atoms with van der Waals surface area (Å²) in [5.41, 5.74) is 0.532. The number of hydrogen-bond acceptors (Lipinski definition) is 16. The van der Waals surface area contributed by atoms with Crippen LogP contribution in [0.3, 0.4) is 0 Å². The van der Waals surface area contributed by atoms with Crippen LogP contribution in [-0.4, -0.2) is 163 Å². The molecule has 9 amide bonds. The van der Waals surface area contributed by atoms with E-state index in [1.165, 1.54) is 75.6 Å². The van der Waals surface area contributed by atoms with E-state index in [4.69, 9.17) is 56.2 Å². The Morgan fingerprint density at radius 2 is 1.00 bits per heavy atom. The van der Waals surface area contributed by atoms with Gasteiger partial charge in [0.05, 0.1) is 87.2 Å². The molecule has 0 unspecified atom stereocenters. The number of aldehydes is 2. The summed E-state index contributed by atoms with van der Waals surface area (Å²) in [6.07, 6.45) is -0.275. The number of rotatable bonds is 20. The Kier molecular flexibility index (Phi) is 22.9. The fraction of sp³-hybridized carbons (Fsp3) is 0.288. The fourth-order valence-electron chi connectivity index (χ4n) is 8.28. The lowest BCUT2D eigenvalue weighted by atomic mass is 10.1. The molecule has 0 saturated carbocycles. The highest BCUT2D eigenvalue weighted by Crippen LogP contribution is 2.37. The largest absolute Gasteiger partial charge is 0.494 e. The summed E-state index contributed by atoms with van der Waals surface area (Å²) in [6, 6.07) is 11.8. The highest BCUT2D eigenvalue weighted by Gasteiger charge is 2.40. The first-order valence-electron chi connectivity index (χ1n) is 24.1. The van der Waals surface area contributed by atoms with E-state index in [1.54, 1.807) is 18.2 Å². The zero-order valence-corrected chi connectivity index (χ0v) is 46.4. The number of aliphatic hydroxyl groups is 2. The van der Waals surface area contributed by atoms with Crippen LogP contribution in [-0.2, 0) is 52.7 Å². The number of Topliss-reactive ketones (excluding diaryl/α,β-unsaturated/α-hetero) is 1. The monoisotopic (exact) mass is 1210 g/mol. The Morgan fingerprint density at radius 3 is 1.34 bits per heavy atom. The zero-order valence-electron chi connectivity index (χ0n) is 43.4. The molecule has 2 aliphatic rings. The maximum atomic E-state index is 13.8. The van der Waals surface area contributed by atoms with Gasteiger partial charge in [0, 0.05) is 24.5 Å². The van der Waals surface area contributed by atoms with E-state index in [-0.39, 0.29) is 83.9 Å². The van der Waals surface area contributed by atoms with Gasteiger partial charge in [0.15, 0.2) is 5.75 Å². The number of carbonyl (C=O) groups excluding carboxylic acids is 12. The van der Waals surface area contributed by atoms with Crippen LogP contribution in [0.5, 0.6) is 5.75 Å². The molecular formula is C52H51Cl4N9O17. The van der Waals surface area contributed by atoms with Crippen molar-refractivity contribution < 1.29 is 82.4 Å². The Labute approximate surface area is 485 Å². The summed E-state index contributed by atoms with van der Waals surface area (Å²) >= 11 is 24.7. The first-order chi connectivity index (χ1) is 38.8. The van der Waals surface area contributed by atoms with Crippen molar-refractivity contribution in [3.8, 4) is 5.75 Å². The summed E-state index contributed by atoms with van der Waals surface area (Å²) in [6.45, 7) is -1.46. The number of fused-ring (bicyclic) bond motifs is 2. The van der Waals surface area contributed by atoms with Crippen LogP contribution < -0.4 is 50.9 Å². The van der Waals surface area contributed by atoms with E-state index < -0.39 is 129 Å².